The number of aryl methyl sites for hydroxylation is 1. The summed E-state index contributed by atoms with van der Waals surface area (Å²) >= 11 is 0. The fraction of sp³-hybridized carbons (Fsp3) is 0.429. The summed E-state index contributed by atoms with van der Waals surface area (Å²) in [5, 5.41) is 0. The number of halogens is 1. The number of fused-ring (bicyclic) bond motifs is 1. The zero-order valence-electron chi connectivity index (χ0n) is 11.3. The number of nitrogens with zero attached hydrogens (tertiary/aromatic N) is 3. The molecule has 0 aromatic carbocycles. The number of alkyl halides is 1. The maximum atomic E-state index is 12.7. The van der Waals surface area contributed by atoms with E-state index in [1.807, 2.05) is 24.0 Å². The third-order valence-electron chi connectivity index (χ3n) is 3.51. The topological polar surface area (TPSA) is 46.8 Å². The Bertz CT molecular complexity index is 686. The monoisotopic (exact) mass is 277 g/mol. The van der Waals surface area contributed by atoms with E-state index < -0.39 is 12.8 Å². The van der Waals surface area contributed by atoms with E-state index >= 15 is 0 Å². The van der Waals surface area contributed by atoms with E-state index in [0.717, 1.165) is 5.56 Å². The van der Waals surface area contributed by atoms with Crippen molar-refractivity contribution in [2.24, 2.45) is 0 Å². The zero-order valence-corrected chi connectivity index (χ0v) is 11.3. The van der Waals surface area contributed by atoms with Gasteiger partial charge in [-0.05, 0) is 18.6 Å². The van der Waals surface area contributed by atoms with Gasteiger partial charge in [-0.1, -0.05) is 6.07 Å². The van der Waals surface area contributed by atoms with Gasteiger partial charge in [-0.25, -0.2) is 9.37 Å². The van der Waals surface area contributed by atoms with Crippen LogP contribution in [0.2, 0.25) is 0 Å². The fourth-order valence-electron chi connectivity index (χ4n) is 2.43. The molecule has 2 aromatic rings. The smallest absolute Gasteiger partial charge is 0.259 e. The summed E-state index contributed by atoms with van der Waals surface area (Å²) in [6.07, 6.45) is 1.26. The number of anilines is 1. The maximum absolute atomic E-state index is 12.7. The number of hydrogen-bond acceptors (Lipinski definition) is 4. The summed E-state index contributed by atoms with van der Waals surface area (Å²) in [7, 11) is 0. The molecule has 0 bridgehead atoms. The number of morpholine rings is 1. The summed E-state index contributed by atoms with van der Waals surface area (Å²) in [6, 6.07) is 5.22. The highest BCUT2D eigenvalue weighted by molar-refractivity contribution is 5.53. The van der Waals surface area contributed by atoms with E-state index in [2.05, 4.69) is 4.98 Å². The van der Waals surface area contributed by atoms with Crippen LogP contribution in [-0.4, -0.2) is 41.9 Å². The Hall–Kier alpha value is -1.95. The highest BCUT2D eigenvalue weighted by Crippen LogP contribution is 2.16. The molecule has 20 heavy (non-hydrogen) atoms. The minimum absolute atomic E-state index is 0.128. The van der Waals surface area contributed by atoms with Crippen molar-refractivity contribution in [3.05, 3.63) is 40.3 Å². The first kappa shape index (κ1) is 13.1. The Labute approximate surface area is 115 Å². The van der Waals surface area contributed by atoms with E-state index in [1.165, 1.54) is 10.5 Å². The second kappa shape index (κ2) is 5.20. The van der Waals surface area contributed by atoms with Crippen LogP contribution in [0.1, 0.15) is 5.56 Å². The lowest BCUT2D eigenvalue weighted by Gasteiger charge is -2.32. The first-order chi connectivity index (χ1) is 9.69. The highest BCUT2D eigenvalue weighted by Gasteiger charge is 2.22. The molecule has 0 spiro atoms. The number of hydrogen-bond donors (Lipinski definition) is 0. The second-order valence-corrected chi connectivity index (χ2v) is 4.93. The molecular weight excluding hydrogens is 261 g/mol. The predicted octanol–water partition coefficient (Wildman–Crippen LogP) is 1.18. The molecule has 1 saturated heterocycles. The molecule has 3 heterocycles. The van der Waals surface area contributed by atoms with Crippen molar-refractivity contribution in [1.82, 2.24) is 9.38 Å². The molecule has 0 amide bonds. The molecule has 5 nitrogen and oxygen atoms in total. The molecule has 106 valence electrons. The Morgan fingerprint density at radius 1 is 1.55 bits per heavy atom. The van der Waals surface area contributed by atoms with Crippen LogP contribution in [0.4, 0.5) is 10.2 Å². The van der Waals surface area contributed by atoms with E-state index in [4.69, 9.17) is 4.74 Å². The van der Waals surface area contributed by atoms with E-state index in [-0.39, 0.29) is 5.56 Å². The van der Waals surface area contributed by atoms with Crippen LogP contribution in [0.25, 0.3) is 5.65 Å². The van der Waals surface area contributed by atoms with E-state index in [1.54, 1.807) is 6.20 Å². The van der Waals surface area contributed by atoms with Crippen molar-refractivity contribution in [3.63, 3.8) is 0 Å². The van der Waals surface area contributed by atoms with Crippen molar-refractivity contribution in [2.45, 2.75) is 13.0 Å². The van der Waals surface area contributed by atoms with Gasteiger partial charge in [-0.15, -0.1) is 0 Å². The number of rotatable bonds is 2. The predicted molar refractivity (Wildman–Crippen MR) is 74.1 cm³/mol. The Morgan fingerprint density at radius 3 is 3.20 bits per heavy atom. The maximum Gasteiger partial charge on any atom is 0.259 e. The Balaban J connectivity index is 2.04. The van der Waals surface area contributed by atoms with Crippen molar-refractivity contribution < 1.29 is 9.13 Å². The van der Waals surface area contributed by atoms with Crippen LogP contribution in [-0.2, 0) is 4.74 Å². The average molecular weight is 277 g/mol. The largest absolute Gasteiger partial charge is 0.372 e. The van der Waals surface area contributed by atoms with E-state index in [0.29, 0.717) is 31.2 Å². The molecule has 0 radical (unpaired) electrons. The first-order valence-electron chi connectivity index (χ1n) is 6.60. The quantitative estimate of drug-likeness (QED) is 0.827. The minimum atomic E-state index is -0.526. The summed E-state index contributed by atoms with van der Waals surface area (Å²) in [5.74, 6) is 0.589. The van der Waals surface area contributed by atoms with Gasteiger partial charge in [0.05, 0.1) is 6.61 Å². The molecule has 1 aliphatic rings. The molecule has 2 aromatic heterocycles. The van der Waals surface area contributed by atoms with E-state index in [9.17, 15) is 9.18 Å². The van der Waals surface area contributed by atoms with Gasteiger partial charge >= 0.3 is 0 Å². The van der Waals surface area contributed by atoms with Crippen LogP contribution in [0.3, 0.4) is 0 Å². The Morgan fingerprint density at radius 2 is 2.40 bits per heavy atom. The third-order valence-corrected chi connectivity index (χ3v) is 3.51. The van der Waals surface area contributed by atoms with Crippen molar-refractivity contribution >= 4 is 11.5 Å². The fourth-order valence-corrected chi connectivity index (χ4v) is 2.43. The standard InChI is InChI=1S/C14H16FN3O2/c1-10-3-2-4-18-13(19)7-12(16-14(10)18)17-5-6-20-11(8-15)9-17/h2-4,7,11H,5-6,8-9H2,1H3. The van der Waals surface area contributed by atoms with Gasteiger partial charge in [-0.3, -0.25) is 9.20 Å². The van der Waals surface area contributed by atoms with Crippen LogP contribution >= 0.6 is 0 Å². The van der Waals surface area contributed by atoms with Crippen LogP contribution in [0.15, 0.2) is 29.2 Å². The number of pyridine rings is 1. The lowest BCUT2D eigenvalue weighted by atomic mass is 10.2. The lowest BCUT2D eigenvalue weighted by molar-refractivity contribution is 0.0245. The van der Waals surface area contributed by atoms with Gasteiger partial charge in [0.1, 0.15) is 24.2 Å². The van der Waals surface area contributed by atoms with Gasteiger partial charge in [0.25, 0.3) is 5.56 Å². The molecule has 1 unspecified atom stereocenters. The molecule has 1 fully saturated rings. The van der Waals surface area contributed by atoms with Crippen LogP contribution in [0.5, 0.6) is 0 Å². The molecule has 0 saturated carbocycles. The summed E-state index contributed by atoms with van der Waals surface area (Å²) in [6.45, 7) is 2.87. The molecular formula is C14H16FN3O2. The van der Waals surface area contributed by atoms with Crippen molar-refractivity contribution in [2.75, 3.05) is 31.3 Å². The summed E-state index contributed by atoms with van der Waals surface area (Å²) < 4.78 is 19.5. The van der Waals surface area contributed by atoms with Crippen LogP contribution < -0.4 is 10.5 Å². The normalized spacial score (nSPS) is 19.5. The molecule has 1 aliphatic heterocycles. The molecule has 6 heteroatoms. The molecule has 0 N–H and O–H groups in total. The SMILES string of the molecule is Cc1cccn2c(=O)cc(N3CCOC(CF)C3)nc12. The first-order valence-corrected chi connectivity index (χ1v) is 6.60. The minimum Gasteiger partial charge on any atom is -0.372 e. The second-order valence-electron chi connectivity index (χ2n) is 4.93. The van der Waals surface area contributed by atoms with Gasteiger partial charge in [0.2, 0.25) is 0 Å². The third kappa shape index (κ3) is 2.27. The van der Waals surface area contributed by atoms with Crippen molar-refractivity contribution in [1.29, 1.82) is 0 Å². The number of ether oxygens (including phenoxy) is 1. The van der Waals surface area contributed by atoms with Gasteiger partial charge in [0, 0.05) is 25.4 Å². The Kier molecular flexibility index (Phi) is 3.40. The molecule has 1 atom stereocenters. The summed E-state index contributed by atoms with van der Waals surface area (Å²) in [4.78, 5) is 18.6. The molecule has 0 aliphatic carbocycles. The van der Waals surface area contributed by atoms with Gasteiger partial charge < -0.3 is 9.64 Å². The van der Waals surface area contributed by atoms with Gasteiger partial charge in [0.15, 0.2) is 0 Å². The molecule has 3 rings (SSSR count). The van der Waals surface area contributed by atoms with Crippen LogP contribution in [0, 0.1) is 6.92 Å². The van der Waals surface area contributed by atoms with Crippen molar-refractivity contribution in [3.8, 4) is 0 Å². The lowest BCUT2D eigenvalue weighted by Crippen LogP contribution is -2.44. The summed E-state index contributed by atoms with van der Waals surface area (Å²) in [5.41, 5.74) is 1.44. The highest BCUT2D eigenvalue weighted by atomic mass is 19.1. The zero-order chi connectivity index (χ0) is 14.1. The average Bonchev–Trinajstić information content (AvgIpc) is 2.48. The van der Waals surface area contributed by atoms with Gasteiger partial charge in [-0.2, -0.15) is 0 Å². The number of aromatic nitrogens is 2.